The predicted molar refractivity (Wildman–Crippen MR) is 117 cm³/mol. The Morgan fingerprint density at radius 1 is 0.966 bits per heavy atom. The Labute approximate surface area is 173 Å². The molecule has 5 heteroatoms. The summed E-state index contributed by atoms with van der Waals surface area (Å²) in [6.07, 6.45) is 0. The fourth-order valence-electron chi connectivity index (χ4n) is 3.09. The maximum Gasteiger partial charge on any atom is 0.261 e. The molecule has 29 heavy (non-hydrogen) atoms. The van der Waals surface area contributed by atoms with Crippen LogP contribution in [0.1, 0.15) is 21.5 Å². The first-order valence-electron chi connectivity index (χ1n) is 9.21. The molecule has 0 aliphatic carbocycles. The topological polar surface area (TPSA) is 54.6 Å². The predicted octanol–water partition coefficient (Wildman–Crippen LogP) is 6.19. The maximum atomic E-state index is 13.0. The van der Waals surface area contributed by atoms with Gasteiger partial charge in [-0.15, -0.1) is 0 Å². The number of carbonyl (C=O) groups is 1. The molecule has 1 aromatic heterocycles. The molecular formula is C24H19ClN2O2. The Morgan fingerprint density at radius 3 is 2.48 bits per heavy atom. The van der Waals surface area contributed by atoms with Crippen LogP contribution in [0.15, 0.2) is 82.2 Å². The zero-order chi connectivity index (χ0) is 20.4. The molecular weight excluding hydrogens is 384 g/mol. The molecule has 3 aromatic carbocycles. The van der Waals surface area contributed by atoms with Crippen LogP contribution in [-0.4, -0.2) is 5.91 Å². The van der Waals surface area contributed by atoms with E-state index in [2.05, 4.69) is 10.3 Å². The van der Waals surface area contributed by atoms with E-state index >= 15 is 0 Å². The van der Waals surface area contributed by atoms with Gasteiger partial charge < -0.3 is 9.73 Å². The third-order valence-corrected chi connectivity index (χ3v) is 4.83. The SMILES string of the molecule is Cc1ccc(N=c2oc3ccccc3cc2C(=O)Nc2ccc(Cl)cc2)c(C)c1. The van der Waals surface area contributed by atoms with Crippen molar-refractivity contribution < 1.29 is 9.21 Å². The summed E-state index contributed by atoms with van der Waals surface area (Å²) < 4.78 is 6.01. The number of halogens is 1. The minimum Gasteiger partial charge on any atom is -0.438 e. The molecule has 0 fully saturated rings. The first kappa shape index (κ1) is 19.0. The number of fused-ring (bicyclic) bond motifs is 1. The summed E-state index contributed by atoms with van der Waals surface area (Å²) in [5.74, 6) is -0.301. The first-order valence-corrected chi connectivity index (χ1v) is 9.59. The van der Waals surface area contributed by atoms with E-state index in [-0.39, 0.29) is 11.5 Å². The van der Waals surface area contributed by atoms with E-state index in [1.807, 2.05) is 56.3 Å². The van der Waals surface area contributed by atoms with Gasteiger partial charge in [-0.2, -0.15) is 0 Å². The number of para-hydroxylation sites is 1. The number of aryl methyl sites for hydroxylation is 2. The summed E-state index contributed by atoms with van der Waals surface area (Å²) in [6.45, 7) is 4.02. The molecule has 0 bridgehead atoms. The van der Waals surface area contributed by atoms with Crippen molar-refractivity contribution in [2.45, 2.75) is 13.8 Å². The molecule has 0 spiro atoms. The van der Waals surface area contributed by atoms with Gasteiger partial charge in [-0.25, -0.2) is 4.99 Å². The van der Waals surface area contributed by atoms with E-state index in [0.717, 1.165) is 22.2 Å². The monoisotopic (exact) mass is 402 g/mol. The van der Waals surface area contributed by atoms with Crippen molar-refractivity contribution in [3.63, 3.8) is 0 Å². The minimum atomic E-state index is -0.301. The lowest BCUT2D eigenvalue weighted by molar-refractivity contribution is 0.102. The zero-order valence-electron chi connectivity index (χ0n) is 16.1. The summed E-state index contributed by atoms with van der Waals surface area (Å²) in [6, 6.07) is 22.3. The first-order chi connectivity index (χ1) is 14.0. The number of hydrogen-bond donors (Lipinski definition) is 1. The van der Waals surface area contributed by atoms with Crippen LogP contribution in [-0.2, 0) is 0 Å². The Morgan fingerprint density at radius 2 is 1.72 bits per heavy atom. The van der Waals surface area contributed by atoms with Crippen molar-refractivity contribution in [1.29, 1.82) is 0 Å². The van der Waals surface area contributed by atoms with Crippen LogP contribution in [0.4, 0.5) is 11.4 Å². The highest BCUT2D eigenvalue weighted by Crippen LogP contribution is 2.20. The van der Waals surface area contributed by atoms with Crippen molar-refractivity contribution in [3.8, 4) is 0 Å². The lowest BCUT2D eigenvalue weighted by atomic mass is 10.1. The molecule has 1 N–H and O–H groups in total. The standard InChI is InChI=1S/C24H19ClN2O2/c1-15-7-12-21(16(2)13-15)27-24-20(14-17-5-3-4-6-22(17)29-24)23(28)26-19-10-8-18(25)9-11-19/h3-14H,1-2H3,(H,26,28). The molecule has 4 aromatic rings. The summed E-state index contributed by atoms with van der Waals surface area (Å²) in [5, 5.41) is 4.32. The van der Waals surface area contributed by atoms with Crippen LogP contribution in [0.3, 0.4) is 0 Å². The highest BCUT2D eigenvalue weighted by Gasteiger charge is 2.13. The number of rotatable bonds is 3. The molecule has 0 atom stereocenters. The molecule has 0 saturated heterocycles. The Bertz CT molecular complexity index is 1270. The summed E-state index contributed by atoms with van der Waals surface area (Å²) >= 11 is 5.93. The molecule has 1 amide bonds. The number of hydrogen-bond acceptors (Lipinski definition) is 3. The number of amides is 1. The van der Waals surface area contributed by atoms with Gasteiger partial charge in [-0.3, -0.25) is 4.79 Å². The van der Waals surface area contributed by atoms with E-state index in [4.69, 9.17) is 16.0 Å². The molecule has 0 unspecified atom stereocenters. The van der Waals surface area contributed by atoms with Gasteiger partial charge in [0.15, 0.2) is 0 Å². The highest BCUT2D eigenvalue weighted by atomic mass is 35.5. The van der Waals surface area contributed by atoms with Crippen molar-refractivity contribution in [2.24, 2.45) is 4.99 Å². The van der Waals surface area contributed by atoms with E-state index < -0.39 is 0 Å². The molecule has 0 aliphatic rings. The van der Waals surface area contributed by atoms with Gasteiger partial charge in [-0.1, -0.05) is 47.5 Å². The second-order valence-corrected chi connectivity index (χ2v) is 7.30. The van der Waals surface area contributed by atoms with Gasteiger partial charge in [-0.05, 0) is 61.9 Å². The van der Waals surface area contributed by atoms with Crippen LogP contribution in [0.25, 0.3) is 11.0 Å². The Balaban J connectivity index is 1.84. The molecule has 4 rings (SSSR count). The average molecular weight is 403 g/mol. The molecule has 144 valence electrons. The summed E-state index contributed by atoms with van der Waals surface area (Å²) in [5.41, 5.74) is 4.86. The quantitative estimate of drug-likeness (QED) is 0.444. The fraction of sp³-hybridized carbons (Fsp3) is 0.0833. The van der Waals surface area contributed by atoms with Crippen molar-refractivity contribution in [1.82, 2.24) is 0 Å². The van der Waals surface area contributed by atoms with Crippen LogP contribution < -0.4 is 10.9 Å². The smallest absolute Gasteiger partial charge is 0.261 e. The third-order valence-electron chi connectivity index (χ3n) is 4.58. The van der Waals surface area contributed by atoms with Crippen molar-refractivity contribution in [3.05, 3.63) is 100 Å². The van der Waals surface area contributed by atoms with E-state index in [9.17, 15) is 4.79 Å². The van der Waals surface area contributed by atoms with E-state index in [0.29, 0.717) is 21.9 Å². The van der Waals surface area contributed by atoms with Crippen molar-refractivity contribution >= 4 is 39.9 Å². The Hall–Kier alpha value is -3.37. The number of nitrogens with one attached hydrogen (secondary N) is 1. The molecule has 0 saturated carbocycles. The lowest BCUT2D eigenvalue weighted by Crippen LogP contribution is -2.21. The number of benzene rings is 3. The fourth-order valence-corrected chi connectivity index (χ4v) is 3.21. The summed E-state index contributed by atoms with van der Waals surface area (Å²) in [4.78, 5) is 17.7. The molecule has 0 aliphatic heterocycles. The maximum absolute atomic E-state index is 13.0. The van der Waals surface area contributed by atoms with Gasteiger partial charge in [0.2, 0.25) is 5.55 Å². The lowest BCUT2D eigenvalue weighted by Gasteiger charge is -2.08. The van der Waals surface area contributed by atoms with Crippen molar-refractivity contribution in [2.75, 3.05) is 5.32 Å². The number of carbonyl (C=O) groups excluding carboxylic acids is 1. The number of nitrogens with zero attached hydrogens (tertiary/aromatic N) is 1. The average Bonchev–Trinajstić information content (AvgIpc) is 2.71. The highest BCUT2D eigenvalue weighted by molar-refractivity contribution is 6.30. The second kappa shape index (κ2) is 7.94. The molecule has 4 nitrogen and oxygen atoms in total. The third kappa shape index (κ3) is 4.23. The van der Waals surface area contributed by atoms with Gasteiger partial charge >= 0.3 is 0 Å². The molecule has 0 radical (unpaired) electrons. The molecule has 1 heterocycles. The minimum absolute atomic E-state index is 0.266. The Kier molecular flexibility index (Phi) is 5.19. The zero-order valence-corrected chi connectivity index (χ0v) is 16.8. The van der Waals surface area contributed by atoms with Crippen LogP contribution in [0.2, 0.25) is 5.02 Å². The van der Waals surface area contributed by atoms with Gasteiger partial charge in [0.05, 0.1) is 5.69 Å². The normalized spacial score (nSPS) is 11.6. The van der Waals surface area contributed by atoms with E-state index in [1.165, 1.54) is 0 Å². The van der Waals surface area contributed by atoms with Gasteiger partial charge in [0, 0.05) is 16.1 Å². The van der Waals surface area contributed by atoms with Gasteiger partial charge in [0.1, 0.15) is 11.1 Å². The number of anilines is 1. The second-order valence-electron chi connectivity index (χ2n) is 6.87. The van der Waals surface area contributed by atoms with Crippen LogP contribution in [0.5, 0.6) is 0 Å². The van der Waals surface area contributed by atoms with Gasteiger partial charge in [0.25, 0.3) is 5.91 Å². The van der Waals surface area contributed by atoms with Crippen LogP contribution in [0, 0.1) is 13.8 Å². The van der Waals surface area contributed by atoms with Crippen LogP contribution >= 0.6 is 11.6 Å². The summed E-state index contributed by atoms with van der Waals surface area (Å²) in [7, 11) is 0. The largest absolute Gasteiger partial charge is 0.438 e. The van der Waals surface area contributed by atoms with E-state index in [1.54, 1.807) is 30.3 Å².